The van der Waals surface area contributed by atoms with Crippen LogP contribution in [0.2, 0.25) is 0 Å². The van der Waals surface area contributed by atoms with Crippen LogP contribution in [0.4, 0.5) is 0 Å². The Morgan fingerprint density at radius 3 is 2.71 bits per heavy atom. The number of hydrogen-bond acceptors (Lipinski definition) is 7. The van der Waals surface area contributed by atoms with Gasteiger partial charge in [0.1, 0.15) is 17.4 Å². The molecule has 1 aliphatic heterocycles. The van der Waals surface area contributed by atoms with E-state index in [0.717, 1.165) is 33.5 Å². The summed E-state index contributed by atoms with van der Waals surface area (Å²) in [6.07, 6.45) is 0.988. The van der Waals surface area contributed by atoms with Crippen molar-refractivity contribution in [2.24, 2.45) is 0 Å². The molecule has 2 atom stereocenters. The van der Waals surface area contributed by atoms with Gasteiger partial charge in [-0.25, -0.2) is 5.10 Å². The normalized spacial score (nSPS) is 17.4. The van der Waals surface area contributed by atoms with E-state index in [-0.39, 0.29) is 28.6 Å². The summed E-state index contributed by atoms with van der Waals surface area (Å²) in [6.45, 7) is 5.13. The van der Waals surface area contributed by atoms with Crippen molar-refractivity contribution in [2.75, 3.05) is 13.1 Å². The highest BCUT2D eigenvalue weighted by Gasteiger charge is 2.35. The summed E-state index contributed by atoms with van der Waals surface area (Å²) >= 11 is 1.02. The fourth-order valence-electron chi connectivity index (χ4n) is 4.85. The number of H-pyrrole nitrogens is 1. The van der Waals surface area contributed by atoms with Gasteiger partial charge in [-0.2, -0.15) is 5.10 Å². The van der Waals surface area contributed by atoms with Gasteiger partial charge in [0, 0.05) is 47.8 Å². The van der Waals surface area contributed by atoms with Crippen LogP contribution in [0.15, 0.2) is 59.4 Å². The minimum Gasteiger partial charge on any atom is -0.489 e. The lowest BCUT2D eigenvalue weighted by molar-refractivity contribution is -0.132. The molecule has 5 rings (SSSR count). The van der Waals surface area contributed by atoms with E-state index in [0.29, 0.717) is 48.9 Å². The molecule has 0 saturated carbocycles. The van der Waals surface area contributed by atoms with Gasteiger partial charge < -0.3 is 15.0 Å². The number of carbonyl (C=O) groups excluding carboxylic acids is 2. The lowest BCUT2D eigenvalue weighted by Crippen LogP contribution is -2.51. The summed E-state index contributed by atoms with van der Waals surface area (Å²) in [7, 11) is 0. The van der Waals surface area contributed by atoms with Crippen LogP contribution < -0.4 is 14.9 Å². The number of likely N-dealkylation sites (tertiary alicyclic amines) is 1. The highest BCUT2D eigenvalue weighted by molar-refractivity contribution is 7.08. The van der Waals surface area contributed by atoms with Gasteiger partial charge >= 0.3 is 4.87 Å². The van der Waals surface area contributed by atoms with Gasteiger partial charge in [0.2, 0.25) is 5.91 Å². The maximum absolute atomic E-state index is 13.1. The molecule has 0 radical (unpaired) electrons. The Labute approximate surface area is 223 Å². The van der Waals surface area contributed by atoms with E-state index >= 15 is 0 Å². The number of aromatic amines is 1. The van der Waals surface area contributed by atoms with Crippen molar-refractivity contribution in [3.05, 3.63) is 86.1 Å². The maximum atomic E-state index is 13.1. The third-order valence-corrected chi connectivity index (χ3v) is 7.68. The number of carbonyl (C=O) groups is 2. The molecule has 2 aromatic heterocycles. The molecule has 2 N–H and O–H groups in total. The molecule has 3 heterocycles. The van der Waals surface area contributed by atoms with E-state index in [1.54, 1.807) is 29.2 Å². The van der Waals surface area contributed by atoms with Gasteiger partial charge in [-0.1, -0.05) is 36.5 Å². The molecular formula is C28H29N5O4S. The first-order valence-corrected chi connectivity index (χ1v) is 13.4. The van der Waals surface area contributed by atoms with Crippen LogP contribution in [-0.2, 0) is 11.4 Å². The van der Waals surface area contributed by atoms with Crippen molar-refractivity contribution < 1.29 is 14.3 Å². The molecule has 1 fully saturated rings. The Morgan fingerprint density at radius 2 is 1.97 bits per heavy atom. The van der Waals surface area contributed by atoms with Crippen LogP contribution in [-0.4, -0.2) is 51.0 Å². The lowest BCUT2D eigenvalue weighted by Gasteiger charge is -2.37. The molecule has 1 aliphatic rings. The Kier molecular flexibility index (Phi) is 7.50. The number of nitrogens with zero attached hydrogens (tertiary/aromatic N) is 3. The maximum Gasteiger partial charge on any atom is 0.322 e. The first-order valence-electron chi connectivity index (χ1n) is 12.6. The number of para-hydroxylation sites is 1. The summed E-state index contributed by atoms with van der Waals surface area (Å²) in [5, 5.41) is 11.3. The smallest absolute Gasteiger partial charge is 0.322 e. The first-order chi connectivity index (χ1) is 18.4. The zero-order chi connectivity index (χ0) is 26.6. The zero-order valence-corrected chi connectivity index (χ0v) is 22.1. The van der Waals surface area contributed by atoms with Crippen molar-refractivity contribution in [1.29, 1.82) is 0 Å². The number of aromatic nitrogens is 3. The number of amides is 2. The number of ether oxygens (including phenoxy) is 1. The number of aryl methyl sites for hydroxylation is 1. The van der Waals surface area contributed by atoms with Gasteiger partial charge in [0.15, 0.2) is 0 Å². The summed E-state index contributed by atoms with van der Waals surface area (Å²) < 4.78 is 6.03. The van der Waals surface area contributed by atoms with Crippen molar-refractivity contribution in [3.8, 4) is 5.75 Å². The van der Waals surface area contributed by atoms with E-state index in [1.807, 2.05) is 44.2 Å². The summed E-state index contributed by atoms with van der Waals surface area (Å²) in [5.74, 6) is 0.229. The number of piperidine rings is 1. The zero-order valence-electron chi connectivity index (χ0n) is 21.3. The second kappa shape index (κ2) is 11.1. The van der Waals surface area contributed by atoms with Crippen molar-refractivity contribution >= 4 is 34.1 Å². The molecule has 10 heteroatoms. The standard InChI is InChI=1S/C28H29N5O4S/c1-3-25(34)33-13-12-24(22(15-33)27-31-32-28(36)38-27)30-26(35)18-8-10-20(11-9-18)37-16-19-14-17(2)29-23-7-5-4-6-21(19)23/h4-11,14,22,24H,3,12-13,15-16H2,1-2H3,(H,30,35)(H,32,36). The highest BCUT2D eigenvalue weighted by atomic mass is 32.1. The number of rotatable bonds is 7. The molecule has 9 nitrogen and oxygen atoms in total. The predicted molar refractivity (Wildman–Crippen MR) is 145 cm³/mol. The van der Waals surface area contributed by atoms with Crippen molar-refractivity contribution in [1.82, 2.24) is 25.4 Å². The fraction of sp³-hybridized carbons (Fsp3) is 0.321. The predicted octanol–water partition coefficient (Wildman–Crippen LogP) is 3.79. The number of hydrogen-bond donors (Lipinski definition) is 2. The molecule has 4 aromatic rings. The molecule has 2 unspecified atom stereocenters. The van der Waals surface area contributed by atoms with E-state index < -0.39 is 0 Å². The van der Waals surface area contributed by atoms with Crippen LogP contribution in [0.3, 0.4) is 0 Å². The van der Waals surface area contributed by atoms with Gasteiger partial charge in [0.05, 0.1) is 11.4 Å². The van der Waals surface area contributed by atoms with Crippen LogP contribution in [0.25, 0.3) is 10.9 Å². The number of pyridine rings is 1. The Hall–Kier alpha value is -4.05. The molecule has 196 valence electrons. The highest BCUT2D eigenvalue weighted by Crippen LogP contribution is 2.28. The van der Waals surface area contributed by atoms with Gasteiger partial charge in [-0.3, -0.25) is 19.4 Å². The molecule has 2 aromatic carbocycles. The van der Waals surface area contributed by atoms with Gasteiger partial charge in [-0.05, 0) is 49.7 Å². The minimum atomic E-state index is -0.256. The minimum absolute atomic E-state index is 0.0492. The average molecular weight is 532 g/mol. The average Bonchev–Trinajstić information content (AvgIpc) is 3.37. The molecular weight excluding hydrogens is 502 g/mol. The second-order valence-corrected chi connectivity index (χ2v) is 10.4. The van der Waals surface area contributed by atoms with Crippen molar-refractivity contribution in [3.63, 3.8) is 0 Å². The van der Waals surface area contributed by atoms with Crippen LogP contribution >= 0.6 is 11.3 Å². The van der Waals surface area contributed by atoms with Gasteiger partial charge in [0.25, 0.3) is 5.91 Å². The number of benzene rings is 2. The topological polar surface area (TPSA) is 117 Å². The Morgan fingerprint density at radius 1 is 1.18 bits per heavy atom. The van der Waals surface area contributed by atoms with E-state index in [4.69, 9.17) is 4.74 Å². The summed E-state index contributed by atoms with van der Waals surface area (Å²) in [6, 6.07) is 16.8. The monoisotopic (exact) mass is 531 g/mol. The molecule has 38 heavy (non-hydrogen) atoms. The van der Waals surface area contributed by atoms with Crippen LogP contribution in [0.5, 0.6) is 5.75 Å². The molecule has 2 amide bonds. The number of fused-ring (bicyclic) bond motifs is 1. The SMILES string of the molecule is CCC(=O)N1CCC(NC(=O)c2ccc(OCc3cc(C)nc4ccccc34)cc2)C(c2n[nH]c(=O)s2)C1. The lowest BCUT2D eigenvalue weighted by atomic mass is 9.92. The molecule has 0 bridgehead atoms. The quantitative estimate of drug-likeness (QED) is 0.375. The Balaban J connectivity index is 1.25. The summed E-state index contributed by atoms with van der Waals surface area (Å²) in [5.41, 5.74) is 3.42. The van der Waals surface area contributed by atoms with E-state index in [2.05, 4.69) is 20.5 Å². The number of nitrogens with one attached hydrogen (secondary N) is 2. The van der Waals surface area contributed by atoms with Crippen molar-refractivity contribution in [2.45, 2.75) is 45.3 Å². The van der Waals surface area contributed by atoms with Crippen LogP contribution in [0, 0.1) is 6.92 Å². The van der Waals surface area contributed by atoms with Gasteiger partial charge in [-0.15, -0.1) is 0 Å². The third-order valence-electron chi connectivity index (χ3n) is 6.80. The molecule has 0 aliphatic carbocycles. The van der Waals surface area contributed by atoms with E-state index in [1.165, 1.54) is 0 Å². The second-order valence-electron chi connectivity index (χ2n) is 9.37. The molecule has 0 spiro atoms. The fourth-order valence-corrected chi connectivity index (χ4v) is 5.62. The van der Waals surface area contributed by atoms with E-state index in [9.17, 15) is 14.4 Å². The Bertz CT molecular complexity index is 1510. The molecule has 1 saturated heterocycles. The first kappa shape index (κ1) is 25.6. The largest absolute Gasteiger partial charge is 0.489 e. The van der Waals surface area contributed by atoms with Crippen LogP contribution in [0.1, 0.15) is 52.3 Å². The third kappa shape index (κ3) is 5.60. The summed E-state index contributed by atoms with van der Waals surface area (Å²) in [4.78, 5) is 43.2.